The third kappa shape index (κ3) is 8.56. The van der Waals surface area contributed by atoms with E-state index in [4.69, 9.17) is 15.2 Å². The van der Waals surface area contributed by atoms with Crippen LogP contribution in [0.4, 0.5) is 10.5 Å². The van der Waals surface area contributed by atoms with Crippen LogP contribution in [-0.4, -0.2) is 43.8 Å². The molecule has 0 aliphatic rings. The molecule has 0 unspecified atom stereocenters. The highest BCUT2D eigenvalue weighted by Crippen LogP contribution is 2.17. The summed E-state index contributed by atoms with van der Waals surface area (Å²) in [4.78, 5) is 35.4. The first kappa shape index (κ1) is 23.0. The Hall–Kier alpha value is -3.05. The fourth-order valence-corrected chi connectivity index (χ4v) is 2.07. The Labute approximate surface area is 165 Å². The van der Waals surface area contributed by atoms with Crippen LogP contribution in [0.25, 0.3) is 0 Å². The lowest BCUT2D eigenvalue weighted by atomic mass is 10.1. The molecule has 1 rings (SSSR count). The molecule has 1 aromatic rings. The van der Waals surface area contributed by atoms with Gasteiger partial charge in [0.25, 0.3) is 0 Å². The number of esters is 1. The van der Waals surface area contributed by atoms with Crippen LogP contribution in [0.15, 0.2) is 18.2 Å². The summed E-state index contributed by atoms with van der Waals surface area (Å²) in [6, 6.07) is 4.69. The molecule has 8 nitrogen and oxygen atoms in total. The fourth-order valence-electron chi connectivity index (χ4n) is 2.07. The van der Waals surface area contributed by atoms with E-state index in [9.17, 15) is 14.4 Å². The molecule has 0 radical (unpaired) electrons. The zero-order chi connectivity index (χ0) is 21.2. The Morgan fingerprint density at radius 3 is 2.54 bits per heavy atom. The highest BCUT2D eigenvalue weighted by Gasteiger charge is 2.15. The number of rotatable bonds is 6. The lowest BCUT2D eigenvalue weighted by Crippen LogP contribution is -2.32. The second-order valence-electron chi connectivity index (χ2n) is 6.85. The van der Waals surface area contributed by atoms with Crippen LogP contribution in [0, 0.1) is 11.8 Å². The van der Waals surface area contributed by atoms with Crippen molar-refractivity contribution >= 4 is 23.7 Å². The third-order valence-electron chi connectivity index (χ3n) is 3.26. The first-order valence-electron chi connectivity index (χ1n) is 8.84. The van der Waals surface area contributed by atoms with Crippen LogP contribution >= 0.6 is 0 Å². The smallest absolute Gasteiger partial charge is 0.408 e. The zero-order valence-corrected chi connectivity index (χ0v) is 16.7. The molecule has 1 aromatic carbocycles. The molecule has 8 heteroatoms. The van der Waals surface area contributed by atoms with E-state index in [0.717, 1.165) is 0 Å². The molecular formula is C20H27N3O5. The molecule has 0 fully saturated rings. The van der Waals surface area contributed by atoms with Crippen molar-refractivity contribution < 1.29 is 23.9 Å². The summed E-state index contributed by atoms with van der Waals surface area (Å²) in [5.74, 6) is 4.84. The molecule has 0 aliphatic heterocycles. The number of benzene rings is 1. The number of nitrogens with one attached hydrogen (secondary N) is 2. The standard InChI is InChI=1S/C20H27N3O5/c1-20(2,3)28-19(26)22-12-6-7-14-13-15(23-17(24)8-5-11-21)9-10-16(14)18(25)27-4/h9-10,13H,5,8,11-12,21H2,1-4H3,(H,22,26)(H,23,24). The number of methoxy groups -OCH3 is 1. The van der Waals surface area contributed by atoms with Crippen molar-refractivity contribution in [2.24, 2.45) is 5.73 Å². The summed E-state index contributed by atoms with van der Waals surface area (Å²) < 4.78 is 9.87. The van der Waals surface area contributed by atoms with Crippen molar-refractivity contribution in [3.63, 3.8) is 0 Å². The van der Waals surface area contributed by atoms with Gasteiger partial charge < -0.3 is 25.8 Å². The molecule has 0 bridgehead atoms. The van der Waals surface area contributed by atoms with Crippen LogP contribution in [0.3, 0.4) is 0 Å². The fraction of sp³-hybridized carbons (Fsp3) is 0.450. The highest BCUT2D eigenvalue weighted by molar-refractivity contribution is 5.95. The Morgan fingerprint density at radius 2 is 1.93 bits per heavy atom. The van der Waals surface area contributed by atoms with E-state index in [1.165, 1.54) is 13.2 Å². The van der Waals surface area contributed by atoms with Gasteiger partial charge in [0, 0.05) is 17.7 Å². The number of carbonyl (C=O) groups is 3. The Balaban J connectivity index is 2.89. The van der Waals surface area contributed by atoms with Crippen LogP contribution in [0.5, 0.6) is 0 Å². The summed E-state index contributed by atoms with van der Waals surface area (Å²) in [6.45, 7) is 5.73. The minimum Gasteiger partial charge on any atom is -0.465 e. The van der Waals surface area contributed by atoms with E-state index in [2.05, 4.69) is 22.5 Å². The summed E-state index contributed by atoms with van der Waals surface area (Å²) in [5.41, 5.74) is 5.92. The van der Waals surface area contributed by atoms with E-state index in [1.54, 1.807) is 32.9 Å². The number of hydrogen-bond donors (Lipinski definition) is 3. The molecule has 152 valence electrons. The molecule has 0 aliphatic carbocycles. The van der Waals surface area contributed by atoms with Gasteiger partial charge in [0.15, 0.2) is 0 Å². The maximum atomic E-state index is 11.9. The minimum absolute atomic E-state index is 0.0304. The first-order valence-corrected chi connectivity index (χ1v) is 8.84. The molecule has 0 spiro atoms. The summed E-state index contributed by atoms with van der Waals surface area (Å²) in [7, 11) is 1.27. The number of amides is 2. The first-order chi connectivity index (χ1) is 13.2. The number of ether oxygens (including phenoxy) is 2. The van der Waals surface area contributed by atoms with E-state index < -0.39 is 17.7 Å². The van der Waals surface area contributed by atoms with Crippen molar-refractivity contribution in [1.82, 2.24) is 5.32 Å². The average molecular weight is 389 g/mol. The van der Waals surface area contributed by atoms with Crippen molar-refractivity contribution in [2.45, 2.75) is 39.2 Å². The molecule has 0 heterocycles. The highest BCUT2D eigenvalue weighted by atomic mass is 16.6. The van der Waals surface area contributed by atoms with Crippen LogP contribution in [-0.2, 0) is 14.3 Å². The molecule has 0 atom stereocenters. The van der Waals surface area contributed by atoms with Gasteiger partial charge in [-0.3, -0.25) is 4.79 Å². The molecule has 4 N–H and O–H groups in total. The molecule has 0 saturated heterocycles. The van der Waals surface area contributed by atoms with Crippen molar-refractivity contribution in [3.8, 4) is 11.8 Å². The van der Waals surface area contributed by atoms with Crippen molar-refractivity contribution in [2.75, 3.05) is 25.5 Å². The minimum atomic E-state index is -0.605. The van der Waals surface area contributed by atoms with Crippen molar-refractivity contribution in [3.05, 3.63) is 29.3 Å². The Kier molecular flexibility index (Phi) is 8.99. The van der Waals surface area contributed by atoms with Crippen LogP contribution < -0.4 is 16.4 Å². The maximum Gasteiger partial charge on any atom is 0.408 e. The number of anilines is 1. The van der Waals surface area contributed by atoms with Gasteiger partial charge in [-0.15, -0.1) is 0 Å². The van der Waals surface area contributed by atoms with Gasteiger partial charge in [0.1, 0.15) is 5.60 Å². The average Bonchev–Trinajstić information content (AvgIpc) is 2.61. The van der Waals surface area contributed by atoms with Gasteiger partial charge in [-0.05, 0) is 51.9 Å². The predicted molar refractivity (Wildman–Crippen MR) is 106 cm³/mol. The van der Waals surface area contributed by atoms with Gasteiger partial charge in [-0.1, -0.05) is 11.8 Å². The van der Waals surface area contributed by atoms with Gasteiger partial charge in [0.2, 0.25) is 5.91 Å². The van der Waals surface area contributed by atoms with Crippen LogP contribution in [0.1, 0.15) is 49.5 Å². The number of hydrogen-bond acceptors (Lipinski definition) is 6. The largest absolute Gasteiger partial charge is 0.465 e. The normalized spacial score (nSPS) is 10.3. The SMILES string of the molecule is COC(=O)c1ccc(NC(=O)CCCN)cc1C#CCNC(=O)OC(C)(C)C. The van der Waals surface area contributed by atoms with E-state index in [1.807, 2.05) is 0 Å². The quantitative estimate of drug-likeness (QED) is 0.506. The summed E-state index contributed by atoms with van der Waals surface area (Å²) in [5, 5.41) is 5.24. The molecule has 0 saturated carbocycles. The maximum absolute atomic E-state index is 11.9. The zero-order valence-electron chi connectivity index (χ0n) is 16.7. The molecule has 28 heavy (non-hydrogen) atoms. The Morgan fingerprint density at radius 1 is 1.21 bits per heavy atom. The van der Waals surface area contributed by atoms with Gasteiger partial charge in [0.05, 0.1) is 19.2 Å². The number of alkyl carbamates (subject to hydrolysis) is 1. The molecule has 0 aromatic heterocycles. The van der Waals surface area contributed by atoms with Gasteiger partial charge >= 0.3 is 12.1 Å². The predicted octanol–water partition coefficient (Wildman–Crippen LogP) is 2.03. The van der Waals surface area contributed by atoms with Crippen LogP contribution in [0.2, 0.25) is 0 Å². The summed E-state index contributed by atoms with van der Waals surface area (Å²) >= 11 is 0. The number of nitrogens with two attached hydrogens (primary N) is 1. The van der Waals surface area contributed by atoms with E-state index >= 15 is 0 Å². The van der Waals surface area contributed by atoms with Gasteiger partial charge in [-0.25, -0.2) is 9.59 Å². The number of carbonyl (C=O) groups excluding carboxylic acids is 3. The molecular weight excluding hydrogens is 362 g/mol. The van der Waals surface area contributed by atoms with E-state index in [-0.39, 0.29) is 18.0 Å². The monoisotopic (exact) mass is 389 g/mol. The summed E-state index contributed by atoms with van der Waals surface area (Å²) in [6.07, 6.45) is 0.293. The topological polar surface area (TPSA) is 120 Å². The second-order valence-corrected chi connectivity index (χ2v) is 6.85. The lowest BCUT2D eigenvalue weighted by Gasteiger charge is -2.19. The van der Waals surface area contributed by atoms with Crippen molar-refractivity contribution in [1.29, 1.82) is 0 Å². The molecule has 2 amide bonds. The third-order valence-corrected chi connectivity index (χ3v) is 3.26. The van der Waals surface area contributed by atoms with E-state index in [0.29, 0.717) is 30.6 Å². The lowest BCUT2D eigenvalue weighted by molar-refractivity contribution is -0.116. The second kappa shape index (κ2) is 10.9. The Bertz CT molecular complexity index is 772. The van der Waals surface area contributed by atoms with Gasteiger partial charge in [-0.2, -0.15) is 0 Å².